The Morgan fingerprint density at radius 3 is 2.12 bits per heavy atom. The number of rotatable bonds is 4. The maximum absolute atomic E-state index is 12.6. The molecule has 0 unspecified atom stereocenters. The van der Waals surface area contributed by atoms with Crippen molar-refractivity contribution in [1.82, 2.24) is 4.98 Å². The summed E-state index contributed by atoms with van der Waals surface area (Å²) in [6.45, 7) is 2.76. The highest BCUT2D eigenvalue weighted by atomic mass is 32.1. The second kappa shape index (κ2) is 7.65. The standard InChI is InChI=1S/C18H20N4O3S/c1-10(23)19-13-7-12(8-14(9-13)20-11(2)24)17(25)22-18-21-15-5-3-4-6-16(15)26-18/h7-9H,3-6H2,1-2H3,(H,19,23)(H,20,24)(H,21,22,25). The van der Waals surface area contributed by atoms with Gasteiger partial charge < -0.3 is 10.6 Å². The van der Waals surface area contributed by atoms with Crippen molar-refractivity contribution in [2.45, 2.75) is 39.5 Å². The largest absolute Gasteiger partial charge is 0.326 e. The molecule has 3 amide bonds. The second-order valence-corrected chi connectivity index (χ2v) is 7.30. The first kappa shape index (κ1) is 18.1. The Labute approximate surface area is 155 Å². The van der Waals surface area contributed by atoms with Crippen LogP contribution >= 0.6 is 11.3 Å². The Balaban J connectivity index is 1.83. The van der Waals surface area contributed by atoms with E-state index >= 15 is 0 Å². The fourth-order valence-electron chi connectivity index (χ4n) is 2.88. The van der Waals surface area contributed by atoms with E-state index in [0.717, 1.165) is 31.4 Å². The number of hydrogen-bond acceptors (Lipinski definition) is 5. The molecule has 0 radical (unpaired) electrons. The maximum Gasteiger partial charge on any atom is 0.257 e. The fourth-order valence-corrected chi connectivity index (χ4v) is 3.93. The Hall–Kier alpha value is -2.74. The number of amides is 3. The van der Waals surface area contributed by atoms with Crippen molar-refractivity contribution in [3.8, 4) is 0 Å². The first-order chi connectivity index (χ1) is 12.4. The predicted octanol–water partition coefficient (Wildman–Crippen LogP) is 3.19. The van der Waals surface area contributed by atoms with Crippen LogP contribution in [0.1, 0.15) is 47.6 Å². The van der Waals surface area contributed by atoms with Gasteiger partial charge in [-0.1, -0.05) is 0 Å². The van der Waals surface area contributed by atoms with Gasteiger partial charge in [-0.3, -0.25) is 19.7 Å². The summed E-state index contributed by atoms with van der Waals surface area (Å²) in [5, 5.41) is 8.66. The Morgan fingerprint density at radius 1 is 0.923 bits per heavy atom. The summed E-state index contributed by atoms with van der Waals surface area (Å²) in [7, 11) is 0. The molecule has 0 fully saturated rings. The van der Waals surface area contributed by atoms with Gasteiger partial charge in [0.15, 0.2) is 5.13 Å². The number of aryl methyl sites for hydroxylation is 2. The van der Waals surface area contributed by atoms with E-state index in [0.29, 0.717) is 22.1 Å². The number of nitrogens with zero attached hydrogens (tertiary/aromatic N) is 1. The molecule has 3 N–H and O–H groups in total. The van der Waals surface area contributed by atoms with E-state index < -0.39 is 0 Å². The third-order valence-corrected chi connectivity index (χ3v) is 4.97. The van der Waals surface area contributed by atoms with Gasteiger partial charge in [0.05, 0.1) is 5.69 Å². The van der Waals surface area contributed by atoms with Gasteiger partial charge >= 0.3 is 0 Å². The van der Waals surface area contributed by atoms with Crippen molar-refractivity contribution in [2.24, 2.45) is 0 Å². The topological polar surface area (TPSA) is 100 Å². The molecule has 136 valence electrons. The molecule has 1 aromatic heterocycles. The van der Waals surface area contributed by atoms with Crippen LogP contribution in [0.15, 0.2) is 18.2 Å². The molecule has 1 aliphatic carbocycles. The van der Waals surface area contributed by atoms with Crippen LogP contribution in [0, 0.1) is 0 Å². The van der Waals surface area contributed by atoms with Crippen LogP contribution in [0.5, 0.6) is 0 Å². The Kier molecular flexibility index (Phi) is 5.32. The molecule has 1 aliphatic rings. The SMILES string of the molecule is CC(=O)Nc1cc(NC(C)=O)cc(C(=O)Nc2nc3c(s2)CCCC3)c1. The van der Waals surface area contributed by atoms with Gasteiger partial charge in [0, 0.05) is 35.7 Å². The van der Waals surface area contributed by atoms with Gasteiger partial charge in [0.25, 0.3) is 5.91 Å². The number of benzene rings is 1. The van der Waals surface area contributed by atoms with Crippen molar-refractivity contribution < 1.29 is 14.4 Å². The third-order valence-electron chi connectivity index (χ3n) is 3.90. The quantitative estimate of drug-likeness (QED) is 0.767. The molecule has 1 aromatic carbocycles. The zero-order valence-corrected chi connectivity index (χ0v) is 15.5. The van der Waals surface area contributed by atoms with Gasteiger partial charge in [0.2, 0.25) is 11.8 Å². The van der Waals surface area contributed by atoms with Crippen LogP contribution in [0.3, 0.4) is 0 Å². The summed E-state index contributed by atoms with van der Waals surface area (Å²) in [5.74, 6) is -0.859. The first-order valence-corrected chi connectivity index (χ1v) is 9.22. The van der Waals surface area contributed by atoms with Crippen molar-refractivity contribution in [3.63, 3.8) is 0 Å². The molecule has 8 heteroatoms. The van der Waals surface area contributed by atoms with Crippen molar-refractivity contribution in [3.05, 3.63) is 34.3 Å². The minimum atomic E-state index is -0.338. The average molecular weight is 372 g/mol. The zero-order valence-electron chi connectivity index (χ0n) is 14.6. The number of nitrogens with one attached hydrogen (secondary N) is 3. The summed E-state index contributed by atoms with van der Waals surface area (Å²) >= 11 is 1.51. The highest BCUT2D eigenvalue weighted by molar-refractivity contribution is 7.15. The molecular formula is C18H20N4O3S. The summed E-state index contributed by atoms with van der Waals surface area (Å²) in [6, 6.07) is 4.73. The van der Waals surface area contributed by atoms with Crippen LogP contribution in [-0.4, -0.2) is 22.7 Å². The third kappa shape index (κ3) is 4.45. The molecule has 0 spiro atoms. The molecule has 0 saturated heterocycles. The summed E-state index contributed by atoms with van der Waals surface area (Å²) < 4.78 is 0. The molecule has 0 aliphatic heterocycles. The first-order valence-electron chi connectivity index (χ1n) is 8.41. The van der Waals surface area contributed by atoms with Crippen LogP contribution in [0.4, 0.5) is 16.5 Å². The fraction of sp³-hybridized carbons (Fsp3) is 0.333. The molecule has 7 nitrogen and oxygen atoms in total. The number of carbonyl (C=O) groups excluding carboxylic acids is 3. The molecule has 0 saturated carbocycles. The maximum atomic E-state index is 12.6. The van der Waals surface area contributed by atoms with E-state index in [4.69, 9.17) is 0 Å². The number of hydrogen-bond donors (Lipinski definition) is 3. The van der Waals surface area contributed by atoms with Crippen LogP contribution in [0.25, 0.3) is 0 Å². The second-order valence-electron chi connectivity index (χ2n) is 6.21. The van der Waals surface area contributed by atoms with Gasteiger partial charge in [-0.2, -0.15) is 0 Å². The van der Waals surface area contributed by atoms with Gasteiger partial charge in [0.1, 0.15) is 0 Å². The molecule has 0 bridgehead atoms. The lowest BCUT2D eigenvalue weighted by Crippen LogP contribution is -2.15. The van der Waals surface area contributed by atoms with Gasteiger partial charge in [-0.25, -0.2) is 4.98 Å². The molecule has 0 atom stereocenters. The van der Waals surface area contributed by atoms with E-state index in [2.05, 4.69) is 20.9 Å². The minimum absolute atomic E-state index is 0.260. The number of carbonyl (C=O) groups is 3. The predicted molar refractivity (Wildman–Crippen MR) is 102 cm³/mol. The lowest BCUT2D eigenvalue weighted by molar-refractivity contribution is -0.115. The summed E-state index contributed by atoms with van der Waals surface area (Å²) in [6.07, 6.45) is 4.24. The number of aromatic nitrogens is 1. The van der Waals surface area contributed by atoms with Crippen molar-refractivity contribution in [1.29, 1.82) is 0 Å². The monoisotopic (exact) mass is 372 g/mol. The Morgan fingerprint density at radius 2 is 1.54 bits per heavy atom. The lowest BCUT2D eigenvalue weighted by atomic mass is 10.0. The molecular weight excluding hydrogens is 352 g/mol. The molecule has 1 heterocycles. The van der Waals surface area contributed by atoms with Crippen LogP contribution in [0.2, 0.25) is 0 Å². The van der Waals surface area contributed by atoms with Crippen molar-refractivity contribution in [2.75, 3.05) is 16.0 Å². The normalized spacial score (nSPS) is 12.8. The molecule has 26 heavy (non-hydrogen) atoms. The zero-order chi connectivity index (χ0) is 18.7. The van der Waals surface area contributed by atoms with E-state index in [9.17, 15) is 14.4 Å². The van der Waals surface area contributed by atoms with E-state index in [-0.39, 0.29) is 17.7 Å². The summed E-state index contributed by atoms with van der Waals surface area (Å²) in [5.41, 5.74) is 2.27. The number of fused-ring (bicyclic) bond motifs is 1. The number of anilines is 3. The molecule has 2 aromatic rings. The average Bonchev–Trinajstić information content (AvgIpc) is 2.95. The van der Waals surface area contributed by atoms with E-state index in [1.807, 2.05) is 0 Å². The highest BCUT2D eigenvalue weighted by Gasteiger charge is 2.17. The van der Waals surface area contributed by atoms with Gasteiger partial charge in [-0.15, -0.1) is 11.3 Å². The summed E-state index contributed by atoms with van der Waals surface area (Å²) in [4.78, 5) is 41.0. The smallest absolute Gasteiger partial charge is 0.257 e. The van der Waals surface area contributed by atoms with Crippen molar-refractivity contribution >= 4 is 45.6 Å². The highest BCUT2D eigenvalue weighted by Crippen LogP contribution is 2.30. The Bertz CT molecular complexity index is 818. The van der Waals surface area contributed by atoms with E-state index in [1.54, 1.807) is 18.2 Å². The van der Waals surface area contributed by atoms with Crippen LogP contribution in [-0.2, 0) is 22.4 Å². The van der Waals surface area contributed by atoms with Gasteiger partial charge in [-0.05, 0) is 43.9 Å². The van der Waals surface area contributed by atoms with Crippen LogP contribution < -0.4 is 16.0 Å². The number of thiazole rings is 1. The lowest BCUT2D eigenvalue weighted by Gasteiger charge is -2.10. The van der Waals surface area contributed by atoms with E-state index in [1.165, 1.54) is 30.1 Å². The minimum Gasteiger partial charge on any atom is -0.326 e. The molecule has 3 rings (SSSR count).